The summed E-state index contributed by atoms with van der Waals surface area (Å²) < 4.78 is 6.35. The highest BCUT2D eigenvalue weighted by atomic mass is 32.1. The maximum Gasteiger partial charge on any atom is 0.266 e. The Kier molecular flexibility index (Phi) is 3.16. The van der Waals surface area contributed by atoms with E-state index in [1.54, 1.807) is 0 Å². The van der Waals surface area contributed by atoms with Crippen LogP contribution in [-0.4, -0.2) is 37.1 Å². The van der Waals surface area contributed by atoms with Crippen molar-refractivity contribution in [1.29, 1.82) is 0 Å². The fraction of sp³-hybridized carbons (Fsp3) is 0.357. The SMILES string of the molecule is Cc1ccc2c(N)c(C(=O)N3CCOCC3)sc2c1. The Balaban J connectivity index is 2.00. The summed E-state index contributed by atoms with van der Waals surface area (Å²) in [5, 5.41) is 0.979. The smallest absolute Gasteiger partial charge is 0.266 e. The summed E-state index contributed by atoms with van der Waals surface area (Å²) in [5.74, 6) is 0.0275. The van der Waals surface area contributed by atoms with Gasteiger partial charge in [0.1, 0.15) is 4.88 Å². The lowest BCUT2D eigenvalue weighted by atomic mass is 10.1. The maximum absolute atomic E-state index is 12.5. The number of nitrogen functional groups attached to an aromatic ring is 1. The fourth-order valence-corrected chi connectivity index (χ4v) is 3.48. The summed E-state index contributed by atoms with van der Waals surface area (Å²) in [6, 6.07) is 6.09. The minimum absolute atomic E-state index is 0.0275. The van der Waals surface area contributed by atoms with Crippen LogP contribution in [0.3, 0.4) is 0 Å². The molecular formula is C14H16N2O2S. The van der Waals surface area contributed by atoms with Crippen molar-refractivity contribution in [3.8, 4) is 0 Å². The zero-order chi connectivity index (χ0) is 13.4. The second kappa shape index (κ2) is 4.83. The van der Waals surface area contributed by atoms with E-state index < -0.39 is 0 Å². The molecule has 2 heterocycles. The van der Waals surface area contributed by atoms with Crippen LogP contribution in [0, 0.1) is 6.92 Å². The molecule has 3 rings (SSSR count). The Morgan fingerprint density at radius 3 is 2.84 bits per heavy atom. The summed E-state index contributed by atoms with van der Waals surface area (Å²) >= 11 is 1.48. The maximum atomic E-state index is 12.5. The number of nitrogens with zero attached hydrogens (tertiary/aromatic N) is 1. The van der Waals surface area contributed by atoms with Gasteiger partial charge < -0.3 is 15.4 Å². The normalized spacial score (nSPS) is 15.9. The molecule has 0 radical (unpaired) electrons. The number of fused-ring (bicyclic) bond motifs is 1. The van der Waals surface area contributed by atoms with Crippen molar-refractivity contribution in [1.82, 2.24) is 4.90 Å². The third kappa shape index (κ3) is 2.19. The van der Waals surface area contributed by atoms with Gasteiger partial charge in [-0.1, -0.05) is 12.1 Å². The number of benzene rings is 1. The number of hydrogen-bond acceptors (Lipinski definition) is 4. The second-order valence-electron chi connectivity index (χ2n) is 4.75. The van der Waals surface area contributed by atoms with Crippen LogP contribution < -0.4 is 5.73 Å². The second-order valence-corrected chi connectivity index (χ2v) is 5.80. The van der Waals surface area contributed by atoms with E-state index in [0.29, 0.717) is 36.9 Å². The summed E-state index contributed by atoms with van der Waals surface area (Å²) in [7, 11) is 0. The molecule has 0 atom stereocenters. The molecule has 1 aliphatic heterocycles. The summed E-state index contributed by atoms with van der Waals surface area (Å²) in [6.45, 7) is 4.54. The topological polar surface area (TPSA) is 55.6 Å². The number of carbonyl (C=O) groups excluding carboxylic acids is 1. The zero-order valence-electron chi connectivity index (χ0n) is 10.8. The Morgan fingerprint density at radius 2 is 2.11 bits per heavy atom. The van der Waals surface area contributed by atoms with Gasteiger partial charge in [-0.25, -0.2) is 0 Å². The molecule has 1 amide bonds. The van der Waals surface area contributed by atoms with E-state index in [2.05, 4.69) is 6.07 Å². The predicted molar refractivity (Wildman–Crippen MR) is 77.7 cm³/mol. The van der Waals surface area contributed by atoms with Gasteiger partial charge in [-0.15, -0.1) is 11.3 Å². The number of rotatable bonds is 1. The van der Waals surface area contributed by atoms with Crippen LogP contribution in [0.5, 0.6) is 0 Å². The molecule has 1 aliphatic rings. The van der Waals surface area contributed by atoms with Crippen molar-refractivity contribution in [2.45, 2.75) is 6.92 Å². The van der Waals surface area contributed by atoms with Gasteiger partial charge in [0.05, 0.1) is 18.9 Å². The largest absolute Gasteiger partial charge is 0.397 e. The quantitative estimate of drug-likeness (QED) is 0.869. The Hall–Kier alpha value is -1.59. The van der Waals surface area contributed by atoms with Crippen LogP contribution in [-0.2, 0) is 4.74 Å². The van der Waals surface area contributed by atoms with Crippen molar-refractivity contribution in [3.63, 3.8) is 0 Å². The van der Waals surface area contributed by atoms with Crippen molar-refractivity contribution in [2.24, 2.45) is 0 Å². The fourth-order valence-electron chi connectivity index (χ4n) is 2.29. The average Bonchev–Trinajstić information content (AvgIpc) is 2.75. The number of hydrogen-bond donors (Lipinski definition) is 1. The third-order valence-corrected chi connectivity index (χ3v) is 4.53. The Labute approximate surface area is 115 Å². The van der Waals surface area contributed by atoms with Crippen molar-refractivity contribution in [3.05, 3.63) is 28.6 Å². The molecule has 4 nitrogen and oxygen atoms in total. The van der Waals surface area contributed by atoms with E-state index in [9.17, 15) is 4.79 Å². The first kappa shape index (κ1) is 12.4. The number of nitrogens with two attached hydrogens (primary N) is 1. The molecule has 100 valence electrons. The summed E-state index contributed by atoms with van der Waals surface area (Å²) in [6.07, 6.45) is 0. The van der Waals surface area contributed by atoms with Gasteiger partial charge in [-0.2, -0.15) is 0 Å². The van der Waals surface area contributed by atoms with Crippen LogP contribution in [0.25, 0.3) is 10.1 Å². The summed E-state index contributed by atoms with van der Waals surface area (Å²) in [4.78, 5) is 14.9. The first-order chi connectivity index (χ1) is 9.16. The minimum atomic E-state index is 0.0275. The third-order valence-electron chi connectivity index (χ3n) is 3.38. The molecule has 0 spiro atoms. The molecule has 1 fully saturated rings. The first-order valence-electron chi connectivity index (χ1n) is 6.32. The Bertz CT molecular complexity index is 630. The molecule has 19 heavy (non-hydrogen) atoms. The molecule has 1 aromatic carbocycles. The number of ether oxygens (including phenoxy) is 1. The molecule has 0 aliphatic carbocycles. The number of amides is 1. The molecule has 0 bridgehead atoms. The minimum Gasteiger partial charge on any atom is -0.397 e. The molecule has 0 saturated carbocycles. The van der Waals surface area contributed by atoms with Gasteiger partial charge in [0.2, 0.25) is 0 Å². The van der Waals surface area contributed by atoms with E-state index in [0.717, 1.165) is 10.1 Å². The average molecular weight is 276 g/mol. The van der Waals surface area contributed by atoms with Crippen molar-refractivity contribution in [2.75, 3.05) is 32.0 Å². The van der Waals surface area contributed by atoms with Gasteiger partial charge in [-0.05, 0) is 18.6 Å². The van der Waals surface area contributed by atoms with E-state index in [1.165, 1.54) is 16.9 Å². The lowest BCUT2D eigenvalue weighted by Crippen LogP contribution is -2.40. The molecule has 0 unspecified atom stereocenters. The lowest BCUT2D eigenvalue weighted by molar-refractivity contribution is 0.0307. The molecule has 1 aromatic heterocycles. The zero-order valence-corrected chi connectivity index (χ0v) is 11.6. The van der Waals surface area contributed by atoms with Crippen molar-refractivity contribution < 1.29 is 9.53 Å². The molecular weight excluding hydrogens is 260 g/mol. The van der Waals surface area contributed by atoms with Gasteiger partial charge in [0.15, 0.2) is 0 Å². The van der Waals surface area contributed by atoms with Crippen LogP contribution >= 0.6 is 11.3 Å². The highest BCUT2D eigenvalue weighted by Crippen LogP contribution is 2.35. The monoisotopic (exact) mass is 276 g/mol. The van der Waals surface area contributed by atoms with Gasteiger partial charge in [-0.3, -0.25) is 4.79 Å². The number of carbonyl (C=O) groups is 1. The van der Waals surface area contributed by atoms with Crippen LogP contribution in [0.4, 0.5) is 5.69 Å². The van der Waals surface area contributed by atoms with Crippen LogP contribution in [0.2, 0.25) is 0 Å². The standard InChI is InChI=1S/C14H16N2O2S/c1-9-2-3-10-11(8-9)19-13(12(10)15)14(17)16-4-6-18-7-5-16/h2-3,8H,4-7,15H2,1H3. The van der Waals surface area contributed by atoms with Gasteiger partial charge in [0, 0.05) is 23.2 Å². The number of aryl methyl sites for hydroxylation is 1. The number of morpholine rings is 1. The van der Waals surface area contributed by atoms with E-state index in [1.807, 2.05) is 24.0 Å². The summed E-state index contributed by atoms with van der Waals surface area (Å²) in [5.41, 5.74) is 7.92. The Morgan fingerprint density at radius 1 is 1.37 bits per heavy atom. The molecule has 5 heteroatoms. The lowest BCUT2D eigenvalue weighted by Gasteiger charge is -2.26. The molecule has 2 aromatic rings. The highest BCUT2D eigenvalue weighted by molar-refractivity contribution is 7.21. The molecule has 2 N–H and O–H groups in total. The van der Waals surface area contributed by atoms with E-state index in [-0.39, 0.29) is 5.91 Å². The number of thiophene rings is 1. The highest BCUT2D eigenvalue weighted by Gasteiger charge is 2.23. The van der Waals surface area contributed by atoms with Gasteiger partial charge in [0.25, 0.3) is 5.91 Å². The van der Waals surface area contributed by atoms with Crippen LogP contribution in [0.15, 0.2) is 18.2 Å². The first-order valence-corrected chi connectivity index (χ1v) is 7.14. The van der Waals surface area contributed by atoms with E-state index in [4.69, 9.17) is 10.5 Å². The van der Waals surface area contributed by atoms with Crippen LogP contribution in [0.1, 0.15) is 15.2 Å². The van der Waals surface area contributed by atoms with Crippen molar-refractivity contribution >= 4 is 33.0 Å². The van der Waals surface area contributed by atoms with Gasteiger partial charge >= 0.3 is 0 Å². The number of anilines is 1. The molecule has 1 saturated heterocycles. The van der Waals surface area contributed by atoms with E-state index >= 15 is 0 Å². The predicted octanol–water partition coefficient (Wildman–Crippen LogP) is 2.26.